The first-order chi connectivity index (χ1) is 6.43. The minimum Gasteiger partial charge on any atom is -0.359 e. The van der Waals surface area contributed by atoms with Crippen LogP contribution in [0.3, 0.4) is 0 Å². The number of nitrogens with one attached hydrogen (secondary N) is 1. The normalized spacial score (nSPS) is 11.4. The molecule has 0 atom stereocenters. The molecule has 0 bridgehead atoms. The highest BCUT2D eigenvalue weighted by Crippen LogP contribution is 2.24. The van der Waals surface area contributed by atoms with Gasteiger partial charge in [-0.3, -0.25) is 4.79 Å². The second-order valence-electron chi connectivity index (χ2n) is 4.01. The van der Waals surface area contributed by atoms with E-state index in [0.717, 1.165) is 5.76 Å². The molecule has 0 aliphatic rings. The van der Waals surface area contributed by atoms with Gasteiger partial charge in [-0.25, -0.2) is 0 Å². The van der Waals surface area contributed by atoms with E-state index in [1.165, 1.54) is 0 Å². The van der Waals surface area contributed by atoms with Crippen LogP contribution in [0.1, 0.15) is 26.5 Å². The van der Waals surface area contributed by atoms with E-state index < -0.39 is 0 Å². The lowest BCUT2D eigenvalue weighted by atomic mass is 9.93. The van der Waals surface area contributed by atoms with Crippen molar-refractivity contribution in [2.75, 3.05) is 10.6 Å². The van der Waals surface area contributed by atoms with Crippen LogP contribution in [0.2, 0.25) is 0 Å². The van der Waals surface area contributed by atoms with Crippen molar-refractivity contribution in [3.8, 4) is 0 Å². The van der Waals surface area contributed by atoms with Gasteiger partial charge in [-0.05, 0) is 0 Å². The molecule has 1 rings (SSSR count). The fraction of sp³-hybridized carbons (Fsp3) is 0.556. The van der Waals surface area contributed by atoms with Crippen LogP contribution >= 0.6 is 15.9 Å². The highest BCUT2D eigenvalue weighted by molar-refractivity contribution is 9.09. The molecule has 0 fully saturated rings. The van der Waals surface area contributed by atoms with Crippen molar-refractivity contribution in [2.45, 2.75) is 26.2 Å². The quantitative estimate of drug-likeness (QED) is 0.831. The van der Waals surface area contributed by atoms with Crippen LogP contribution in [0.4, 0.5) is 5.82 Å². The summed E-state index contributed by atoms with van der Waals surface area (Å²) in [6, 6.07) is 1.74. The zero-order valence-electron chi connectivity index (χ0n) is 8.43. The Kier molecular flexibility index (Phi) is 3.31. The molecule has 0 aliphatic carbocycles. The van der Waals surface area contributed by atoms with E-state index >= 15 is 0 Å². The third kappa shape index (κ3) is 2.83. The molecule has 1 aromatic rings. The standard InChI is InChI=1S/C9H13BrN2O2/c1-9(2,3)6-4-7(12-14-6)11-8(13)5-10/h4H,5H2,1-3H3,(H,11,12,13). The zero-order chi connectivity index (χ0) is 10.8. The Bertz CT molecular complexity index is 328. The summed E-state index contributed by atoms with van der Waals surface area (Å²) in [5, 5.41) is 6.59. The van der Waals surface area contributed by atoms with Crippen LogP contribution in [0, 0.1) is 0 Å². The van der Waals surface area contributed by atoms with E-state index in [4.69, 9.17) is 4.52 Å². The van der Waals surface area contributed by atoms with Crippen LogP contribution in [0.5, 0.6) is 0 Å². The molecule has 0 saturated heterocycles. The zero-order valence-corrected chi connectivity index (χ0v) is 10.0. The number of aromatic nitrogens is 1. The smallest absolute Gasteiger partial charge is 0.236 e. The number of hydrogen-bond acceptors (Lipinski definition) is 3. The molecule has 0 radical (unpaired) electrons. The molecule has 78 valence electrons. The number of halogens is 1. The number of carbonyl (C=O) groups excluding carboxylic acids is 1. The molecule has 0 aromatic carbocycles. The fourth-order valence-corrected chi connectivity index (χ4v) is 1.00. The second kappa shape index (κ2) is 4.13. The van der Waals surface area contributed by atoms with Crippen molar-refractivity contribution in [3.05, 3.63) is 11.8 Å². The monoisotopic (exact) mass is 260 g/mol. The van der Waals surface area contributed by atoms with Crippen molar-refractivity contribution in [2.24, 2.45) is 0 Å². The van der Waals surface area contributed by atoms with Gasteiger partial charge < -0.3 is 9.84 Å². The Morgan fingerprint density at radius 3 is 2.71 bits per heavy atom. The first-order valence-electron chi connectivity index (χ1n) is 4.26. The molecule has 4 nitrogen and oxygen atoms in total. The van der Waals surface area contributed by atoms with E-state index in [1.54, 1.807) is 6.07 Å². The number of anilines is 1. The van der Waals surface area contributed by atoms with Crippen LogP contribution < -0.4 is 5.32 Å². The van der Waals surface area contributed by atoms with Crippen LogP contribution in [-0.2, 0) is 10.2 Å². The summed E-state index contributed by atoms with van der Waals surface area (Å²) in [7, 11) is 0. The molecular weight excluding hydrogens is 248 g/mol. The van der Waals surface area contributed by atoms with Gasteiger partial charge in [0.25, 0.3) is 0 Å². The van der Waals surface area contributed by atoms with E-state index in [0.29, 0.717) is 5.82 Å². The molecular formula is C9H13BrN2O2. The predicted molar refractivity (Wildman–Crippen MR) is 57.6 cm³/mol. The van der Waals surface area contributed by atoms with E-state index in [1.807, 2.05) is 20.8 Å². The molecule has 1 aromatic heterocycles. The van der Waals surface area contributed by atoms with Crippen LogP contribution in [0.25, 0.3) is 0 Å². The molecule has 1 N–H and O–H groups in total. The van der Waals surface area contributed by atoms with E-state index in [9.17, 15) is 4.79 Å². The average molecular weight is 261 g/mol. The Balaban J connectivity index is 2.74. The molecule has 0 spiro atoms. The van der Waals surface area contributed by atoms with Gasteiger partial charge in [-0.15, -0.1) is 0 Å². The van der Waals surface area contributed by atoms with Gasteiger partial charge in [0, 0.05) is 11.5 Å². The summed E-state index contributed by atoms with van der Waals surface area (Å²) in [5.41, 5.74) is -0.0929. The lowest BCUT2D eigenvalue weighted by molar-refractivity contribution is -0.113. The first kappa shape index (κ1) is 11.2. The van der Waals surface area contributed by atoms with E-state index in [2.05, 4.69) is 26.4 Å². The maximum atomic E-state index is 11.0. The van der Waals surface area contributed by atoms with Crippen molar-refractivity contribution in [3.63, 3.8) is 0 Å². The first-order valence-corrected chi connectivity index (χ1v) is 5.38. The Morgan fingerprint density at radius 1 is 1.64 bits per heavy atom. The van der Waals surface area contributed by atoms with Gasteiger partial charge in [-0.1, -0.05) is 41.9 Å². The fourth-order valence-electron chi connectivity index (χ4n) is 0.864. The minimum atomic E-state index is -0.140. The summed E-state index contributed by atoms with van der Waals surface area (Å²) < 4.78 is 5.09. The highest BCUT2D eigenvalue weighted by atomic mass is 79.9. The minimum absolute atomic E-state index is 0.0929. The Labute approximate surface area is 91.2 Å². The third-order valence-electron chi connectivity index (χ3n) is 1.64. The van der Waals surface area contributed by atoms with Gasteiger partial charge in [0.1, 0.15) is 5.76 Å². The summed E-state index contributed by atoms with van der Waals surface area (Å²) in [4.78, 5) is 11.0. The molecule has 1 amide bonds. The lowest BCUT2D eigenvalue weighted by Crippen LogP contribution is -2.12. The summed E-state index contributed by atoms with van der Waals surface area (Å²) in [6.07, 6.45) is 0. The summed E-state index contributed by atoms with van der Waals surface area (Å²) >= 11 is 3.05. The van der Waals surface area contributed by atoms with Crippen molar-refractivity contribution in [1.29, 1.82) is 0 Å². The van der Waals surface area contributed by atoms with Gasteiger partial charge >= 0.3 is 0 Å². The number of rotatable bonds is 2. The number of alkyl halides is 1. The number of hydrogen-bond donors (Lipinski definition) is 1. The van der Waals surface area contributed by atoms with Gasteiger partial charge in [0.2, 0.25) is 5.91 Å². The Hall–Kier alpha value is -0.840. The molecule has 5 heteroatoms. The highest BCUT2D eigenvalue weighted by Gasteiger charge is 2.19. The largest absolute Gasteiger partial charge is 0.359 e. The number of carbonyl (C=O) groups is 1. The molecule has 1 heterocycles. The van der Waals surface area contributed by atoms with Crippen molar-refractivity contribution < 1.29 is 9.32 Å². The lowest BCUT2D eigenvalue weighted by Gasteiger charge is -2.11. The van der Waals surface area contributed by atoms with Gasteiger partial charge in [-0.2, -0.15) is 0 Å². The summed E-state index contributed by atoms with van der Waals surface area (Å²) in [6.45, 7) is 6.05. The number of amides is 1. The van der Waals surface area contributed by atoms with Gasteiger partial charge in [0.05, 0.1) is 5.33 Å². The maximum Gasteiger partial charge on any atom is 0.236 e. The second-order valence-corrected chi connectivity index (χ2v) is 4.57. The third-order valence-corrected chi connectivity index (χ3v) is 2.15. The van der Waals surface area contributed by atoms with Gasteiger partial charge in [0.15, 0.2) is 5.82 Å². The maximum absolute atomic E-state index is 11.0. The van der Waals surface area contributed by atoms with Crippen LogP contribution in [-0.4, -0.2) is 16.4 Å². The topological polar surface area (TPSA) is 55.1 Å². The van der Waals surface area contributed by atoms with E-state index in [-0.39, 0.29) is 16.7 Å². The predicted octanol–water partition coefficient (Wildman–Crippen LogP) is 2.31. The molecule has 0 unspecified atom stereocenters. The van der Waals surface area contributed by atoms with Crippen LogP contribution in [0.15, 0.2) is 10.6 Å². The summed E-state index contributed by atoms with van der Waals surface area (Å²) in [5.74, 6) is 1.07. The van der Waals surface area contributed by atoms with Crippen molar-refractivity contribution in [1.82, 2.24) is 5.16 Å². The molecule has 0 saturated carbocycles. The molecule has 14 heavy (non-hydrogen) atoms. The Morgan fingerprint density at radius 2 is 2.29 bits per heavy atom. The average Bonchev–Trinajstić information content (AvgIpc) is 2.51. The van der Waals surface area contributed by atoms with Crippen molar-refractivity contribution >= 4 is 27.7 Å². The molecule has 0 aliphatic heterocycles. The number of nitrogens with zero attached hydrogens (tertiary/aromatic N) is 1. The SMILES string of the molecule is CC(C)(C)c1cc(NC(=O)CBr)no1.